The number of hydrogen-bond donors (Lipinski definition) is 1. The summed E-state index contributed by atoms with van der Waals surface area (Å²) >= 11 is 0. The SMILES string of the molecule is CC(O)CC1CCCN1C(=O)C(C)C1CC1. The topological polar surface area (TPSA) is 40.5 Å². The predicted molar refractivity (Wildman–Crippen MR) is 62.9 cm³/mol. The Bertz CT molecular complexity index is 261. The van der Waals surface area contributed by atoms with Gasteiger partial charge in [0.2, 0.25) is 5.91 Å². The average molecular weight is 225 g/mol. The minimum absolute atomic E-state index is 0.203. The van der Waals surface area contributed by atoms with Crippen LogP contribution in [0.25, 0.3) is 0 Å². The summed E-state index contributed by atoms with van der Waals surface area (Å²) in [4.78, 5) is 14.3. The van der Waals surface area contributed by atoms with Crippen molar-refractivity contribution in [2.75, 3.05) is 6.54 Å². The maximum atomic E-state index is 12.3. The molecule has 2 aliphatic rings. The van der Waals surface area contributed by atoms with Gasteiger partial charge in [-0.05, 0) is 44.9 Å². The number of carbonyl (C=O) groups is 1. The number of rotatable bonds is 4. The fraction of sp³-hybridized carbons (Fsp3) is 0.923. The molecule has 3 unspecified atom stereocenters. The highest BCUT2D eigenvalue weighted by Gasteiger charge is 2.38. The first-order valence-corrected chi connectivity index (χ1v) is 6.58. The molecule has 1 saturated heterocycles. The Balaban J connectivity index is 1.93. The minimum Gasteiger partial charge on any atom is -0.393 e. The van der Waals surface area contributed by atoms with Crippen LogP contribution in [-0.4, -0.2) is 34.6 Å². The molecule has 2 rings (SSSR count). The molecule has 0 radical (unpaired) electrons. The molecule has 0 spiro atoms. The fourth-order valence-corrected chi connectivity index (χ4v) is 2.82. The Hall–Kier alpha value is -0.570. The Labute approximate surface area is 97.8 Å². The van der Waals surface area contributed by atoms with Crippen LogP contribution in [0.1, 0.15) is 46.0 Å². The van der Waals surface area contributed by atoms with E-state index in [-0.39, 0.29) is 18.1 Å². The van der Waals surface area contributed by atoms with Gasteiger partial charge in [-0.2, -0.15) is 0 Å². The molecular weight excluding hydrogens is 202 g/mol. The molecule has 1 heterocycles. The molecule has 0 aromatic carbocycles. The Morgan fingerprint density at radius 2 is 2.06 bits per heavy atom. The highest BCUT2D eigenvalue weighted by atomic mass is 16.3. The summed E-state index contributed by atoms with van der Waals surface area (Å²) < 4.78 is 0. The molecule has 1 aliphatic carbocycles. The van der Waals surface area contributed by atoms with Gasteiger partial charge in [-0.3, -0.25) is 4.79 Å². The molecule has 0 aromatic rings. The molecule has 16 heavy (non-hydrogen) atoms. The van der Waals surface area contributed by atoms with E-state index < -0.39 is 0 Å². The third kappa shape index (κ3) is 2.57. The van der Waals surface area contributed by atoms with Crippen molar-refractivity contribution in [3.63, 3.8) is 0 Å². The van der Waals surface area contributed by atoms with Crippen LogP contribution in [0.2, 0.25) is 0 Å². The second kappa shape index (κ2) is 4.74. The standard InChI is InChI=1S/C13H23NO2/c1-9(15)8-12-4-3-7-14(12)13(16)10(2)11-5-6-11/h9-12,15H,3-8H2,1-2H3. The normalized spacial score (nSPS) is 29.2. The summed E-state index contributed by atoms with van der Waals surface area (Å²) in [6.45, 7) is 4.77. The van der Waals surface area contributed by atoms with Gasteiger partial charge in [0.15, 0.2) is 0 Å². The first-order chi connectivity index (χ1) is 7.59. The van der Waals surface area contributed by atoms with Gasteiger partial charge in [0, 0.05) is 18.5 Å². The first-order valence-electron chi connectivity index (χ1n) is 6.58. The van der Waals surface area contributed by atoms with E-state index in [1.807, 2.05) is 11.8 Å². The zero-order chi connectivity index (χ0) is 11.7. The van der Waals surface area contributed by atoms with Gasteiger partial charge in [0.05, 0.1) is 6.10 Å². The van der Waals surface area contributed by atoms with Crippen molar-refractivity contribution in [1.82, 2.24) is 4.90 Å². The van der Waals surface area contributed by atoms with Crippen molar-refractivity contribution in [3.8, 4) is 0 Å². The molecule has 1 N–H and O–H groups in total. The lowest BCUT2D eigenvalue weighted by Gasteiger charge is -2.28. The number of nitrogens with zero attached hydrogens (tertiary/aromatic N) is 1. The lowest BCUT2D eigenvalue weighted by Crippen LogP contribution is -2.40. The molecule has 3 heteroatoms. The van der Waals surface area contributed by atoms with Gasteiger partial charge in [-0.25, -0.2) is 0 Å². The Kier molecular flexibility index (Phi) is 3.53. The minimum atomic E-state index is -0.297. The van der Waals surface area contributed by atoms with Crippen LogP contribution in [0.3, 0.4) is 0 Å². The van der Waals surface area contributed by atoms with Crippen LogP contribution in [0.5, 0.6) is 0 Å². The molecule has 92 valence electrons. The van der Waals surface area contributed by atoms with Gasteiger partial charge < -0.3 is 10.0 Å². The molecule has 0 bridgehead atoms. The van der Waals surface area contributed by atoms with Crippen molar-refractivity contribution in [2.24, 2.45) is 11.8 Å². The van der Waals surface area contributed by atoms with Crippen molar-refractivity contribution in [3.05, 3.63) is 0 Å². The number of aliphatic hydroxyl groups is 1. The zero-order valence-electron chi connectivity index (χ0n) is 10.4. The lowest BCUT2D eigenvalue weighted by atomic mass is 10.0. The smallest absolute Gasteiger partial charge is 0.225 e. The zero-order valence-corrected chi connectivity index (χ0v) is 10.4. The molecular formula is C13H23NO2. The molecule has 3 atom stereocenters. The van der Waals surface area contributed by atoms with Crippen LogP contribution >= 0.6 is 0 Å². The summed E-state index contributed by atoms with van der Waals surface area (Å²) in [5, 5.41) is 9.43. The van der Waals surface area contributed by atoms with Crippen molar-refractivity contribution in [2.45, 2.75) is 58.1 Å². The molecule has 1 aliphatic heterocycles. The fourth-order valence-electron chi connectivity index (χ4n) is 2.82. The summed E-state index contributed by atoms with van der Waals surface area (Å²) in [5.41, 5.74) is 0. The molecule has 3 nitrogen and oxygen atoms in total. The molecule has 2 fully saturated rings. The van der Waals surface area contributed by atoms with Crippen LogP contribution in [-0.2, 0) is 4.79 Å². The summed E-state index contributed by atoms with van der Waals surface area (Å²) in [6, 6.07) is 0.286. The first kappa shape index (κ1) is 11.9. The van der Waals surface area contributed by atoms with Crippen molar-refractivity contribution in [1.29, 1.82) is 0 Å². The van der Waals surface area contributed by atoms with Crippen LogP contribution in [0, 0.1) is 11.8 Å². The quantitative estimate of drug-likeness (QED) is 0.792. The van der Waals surface area contributed by atoms with E-state index in [0.717, 1.165) is 25.8 Å². The van der Waals surface area contributed by atoms with Crippen LogP contribution in [0.4, 0.5) is 0 Å². The summed E-state index contributed by atoms with van der Waals surface area (Å²) in [6.07, 6.45) is 5.05. The van der Waals surface area contributed by atoms with E-state index in [2.05, 4.69) is 6.92 Å². The van der Waals surface area contributed by atoms with E-state index >= 15 is 0 Å². The summed E-state index contributed by atoms with van der Waals surface area (Å²) in [5.74, 6) is 1.17. The number of likely N-dealkylation sites (tertiary alicyclic amines) is 1. The van der Waals surface area contributed by atoms with Gasteiger partial charge >= 0.3 is 0 Å². The van der Waals surface area contributed by atoms with Crippen molar-refractivity contribution >= 4 is 5.91 Å². The molecule has 1 amide bonds. The monoisotopic (exact) mass is 225 g/mol. The third-order valence-corrected chi connectivity index (χ3v) is 3.99. The number of aliphatic hydroxyl groups excluding tert-OH is 1. The van der Waals surface area contributed by atoms with E-state index in [9.17, 15) is 9.90 Å². The van der Waals surface area contributed by atoms with Gasteiger partial charge in [-0.1, -0.05) is 6.92 Å². The second-order valence-electron chi connectivity index (χ2n) is 5.54. The van der Waals surface area contributed by atoms with Crippen molar-refractivity contribution < 1.29 is 9.90 Å². The van der Waals surface area contributed by atoms with Crippen LogP contribution in [0.15, 0.2) is 0 Å². The maximum absolute atomic E-state index is 12.3. The summed E-state index contributed by atoms with van der Waals surface area (Å²) in [7, 11) is 0. The Morgan fingerprint density at radius 1 is 1.38 bits per heavy atom. The lowest BCUT2D eigenvalue weighted by molar-refractivity contribution is -0.136. The van der Waals surface area contributed by atoms with Gasteiger partial charge in [-0.15, -0.1) is 0 Å². The highest BCUT2D eigenvalue weighted by Crippen LogP contribution is 2.38. The van der Waals surface area contributed by atoms with Gasteiger partial charge in [0.1, 0.15) is 0 Å². The predicted octanol–water partition coefficient (Wildman–Crippen LogP) is 1.79. The second-order valence-corrected chi connectivity index (χ2v) is 5.54. The van der Waals surface area contributed by atoms with Crippen LogP contribution < -0.4 is 0 Å². The Morgan fingerprint density at radius 3 is 2.62 bits per heavy atom. The largest absolute Gasteiger partial charge is 0.393 e. The van der Waals surface area contributed by atoms with E-state index in [4.69, 9.17) is 0 Å². The number of hydrogen-bond acceptors (Lipinski definition) is 2. The highest BCUT2D eigenvalue weighted by molar-refractivity contribution is 5.79. The number of carbonyl (C=O) groups excluding carboxylic acids is 1. The van der Waals surface area contributed by atoms with E-state index in [1.54, 1.807) is 0 Å². The van der Waals surface area contributed by atoms with E-state index in [0.29, 0.717) is 11.8 Å². The molecule has 1 saturated carbocycles. The molecule has 0 aromatic heterocycles. The number of amides is 1. The van der Waals surface area contributed by atoms with Gasteiger partial charge in [0.25, 0.3) is 0 Å². The average Bonchev–Trinajstić information content (AvgIpc) is 2.97. The maximum Gasteiger partial charge on any atom is 0.225 e. The third-order valence-electron chi connectivity index (χ3n) is 3.99. The van der Waals surface area contributed by atoms with E-state index in [1.165, 1.54) is 12.8 Å².